The zero-order valence-electron chi connectivity index (χ0n) is 10.3. The van der Waals surface area contributed by atoms with Gasteiger partial charge in [0.2, 0.25) is 5.78 Å². The van der Waals surface area contributed by atoms with Crippen LogP contribution in [0.1, 0.15) is 18.1 Å². The molecule has 0 amide bonds. The Bertz CT molecular complexity index is 513. The van der Waals surface area contributed by atoms with Gasteiger partial charge in [-0.25, -0.2) is 0 Å². The third-order valence-corrected chi connectivity index (χ3v) is 3.49. The molecule has 2 N–H and O–H groups in total. The number of nitrogens with one attached hydrogen (secondary N) is 1. The van der Waals surface area contributed by atoms with E-state index in [4.69, 9.17) is 0 Å². The summed E-state index contributed by atoms with van der Waals surface area (Å²) in [7, 11) is 0. The van der Waals surface area contributed by atoms with E-state index in [1.54, 1.807) is 0 Å². The number of alkyl halides is 3. The molecule has 0 saturated heterocycles. The zero-order chi connectivity index (χ0) is 14.3. The van der Waals surface area contributed by atoms with Crippen LogP contribution in [0.2, 0.25) is 0 Å². The van der Waals surface area contributed by atoms with Crippen LogP contribution in [0.5, 0.6) is 5.75 Å². The average molecular weight is 273 g/mol. The van der Waals surface area contributed by atoms with Crippen LogP contribution in [-0.4, -0.2) is 30.2 Å². The number of phenolic OH excluding ortho intramolecular Hbond substituents is 1. The topological polar surface area (TPSA) is 49.3 Å². The first kappa shape index (κ1) is 13.9. The molecule has 0 spiro atoms. The van der Waals surface area contributed by atoms with Crippen molar-refractivity contribution in [1.82, 2.24) is 5.32 Å². The van der Waals surface area contributed by atoms with Gasteiger partial charge in [0, 0.05) is 6.54 Å². The first-order valence-corrected chi connectivity index (χ1v) is 5.90. The molecule has 19 heavy (non-hydrogen) atoms. The summed E-state index contributed by atoms with van der Waals surface area (Å²) in [6.45, 7) is 1.69. The Morgan fingerprint density at radius 1 is 1.42 bits per heavy atom. The number of rotatable bonds is 1. The van der Waals surface area contributed by atoms with E-state index in [1.807, 2.05) is 0 Å². The molecule has 0 aliphatic carbocycles. The predicted octanol–water partition coefficient (Wildman–Crippen LogP) is 1.93. The lowest BCUT2D eigenvalue weighted by Gasteiger charge is -2.29. The molecule has 0 fully saturated rings. The van der Waals surface area contributed by atoms with Gasteiger partial charge in [-0.05, 0) is 43.1 Å². The highest BCUT2D eigenvalue weighted by molar-refractivity contribution is 5.95. The van der Waals surface area contributed by atoms with Crippen molar-refractivity contribution in [2.75, 3.05) is 13.1 Å². The maximum atomic E-state index is 12.8. The number of phenols is 1. The molecule has 1 aliphatic heterocycles. The molecule has 1 aliphatic rings. The Balaban J connectivity index is 2.56. The fourth-order valence-electron chi connectivity index (χ4n) is 2.50. The number of aromatic hydroxyl groups is 1. The SMILES string of the molecule is CC1(C(=O)C(F)(F)F)CNCCc2cc(O)ccc21. The number of carbonyl (C=O) groups excluding carboxylic acids is 1. The van der Waals surface area contributed by atoms with Crippen LogP contribution in [0, 0.1) is 0 Å². The molecule has 2 rings (SSSR count). The Hall–Kier alpha value is -1.56. The number of hydrogen-bond donors (Lipinski definition) is 2. The minimum absolute atomic E-state index is 0.0116. The number of benzene rings is 1. The van der Waals surface area contributed by atoms with Gasteiger partial charge >= 0.3 is 6.18 Å². The van der Waals surface area contributed by atoms with Crippen LogP contribution in [-0.2, 0) is 16.6 Å². The van der Waals surface area contributed by atoms with Gasteiger partial charge in [-0.3, -0.25) is 4.79 Å². The van der Waals surface area contributed by atoms with Gasteiger partial charge in [-0.1, -0.05) is 6.07 Å². The number of hydrogen-bond acceptors (Lipinski definition) is 3. The van der Waals surface area contributed by atoms with Crippen molar-refractivity contribution in [3.05, 3.63) is 29.3 Å². The molecule has 0 aromatic heterocycles. The quantitative estimate of drug-likeness (QED) is 0.822. The lowest BCUT2D eigenvalue weighted by Crippen LogP contribution is -2.48. The van der Waals surface area contributed by atoms with Crippen LogP contribution in [0.25, 0.3) is 0 Å². The van der Waals surface area contributed by atoms with Gasteiger partial charge in [0.05, 0.1) is 5.41 Å². The second-order valence-electron chi connectivity index (χ2n) is 4.93. The van der Waals surface area contributed by atoms with E-state index >= 15 is 0 Å². The number of ketones is 1. The second-order valence-corrected chi connectivity index (χ2v) is 4.93. The zero-order valence-corrected chi connectivity index (χ0v) is 10.3. The van der Waals surface area contributed by atoms with E-state index in [1.165, 1.54) is 25.1 Å². The summed E-state index contributed by atoms with van der Waals surface area (Å²) in [5, 5.41) is 12.3. The first-order chi connectivity index (χ1) is 8.75. The highest BCUT2D eigenvalue weighted by atomic mass is 19.4. The summed E-state index contributed by atoms with van der Waals surface area (Å²) in [5.74, 6) is -1.77. The minimum atomic E-state index is -4.88. The number of carbonyl (C=O) groups is 1. The monoisotopic (exact) mass is 273 g/mol. The molecule has 1 aromatic carbocycles. The molecule has 1 unspecified atom stereocenters. The molecule has 0 bridgehead atoms. The molecule has 1 heterocycles. The molecule has 3 nitrogen and oxygen atoms in total. The maximum Gasteiger partial charge on any atom is 0.450 e. The Morgan fingerprint density at radius 3 is 2.74 bits per heavy atom. The number of Topliss-reactive ketones (excluding diaryl/α,β-unsaturated/α-hetero) is 1. The molecule has 1 aromatic rings. The molecular formula is C13H14F3NO2. The predicted molar refractivity (Wildman–Crippen MR) is 63.1 cm³/mol. The first-order valence-electron chi connectivity index (χ1n) is 5.90. The summed E-state index contributed by atoms with van der Waals surface area (Å²) in [6, 6.07) is 4.14. The molecular weight excluding hydrogens is 259 g/mol. The summed E-state index contributed by atoms with van der Waals surface area (Å²) in [4.78, 5) is 11.7. The number of fused-ring (bicyclic) bond motifs is 1. The van der Waals surface area contributed by atoms with Gasteiger partial charge in [-0.15, -0.1) is 0 Å². The summed E-state index contributed by atoms with van der Waals surface area (Å²) >= 11 is 0. The van der Waals surface area contributed by atoms with Gasteiger partial charge in [0.1, 0.15) is 5.75 Å². The summed E-state index contributed by atoms with van der Waals surface area (Å²) < 4.78 is 38.3. The van der Waals surface area contributed by atoms with Crippen molar-refractivity contribution in [3.63, 3.8) is 0 Å². The number of halogens is 3. The van der Waals surface area contributed by atoms with E-state index in [0.717, 1.165) is 0 Å². The molecule has 0 radical (unpaired) electrons. The Kier molecular flexibility index (Phi) is 3.30. The molecule has 104 valence electrons. The molecule has 6 heteroatoms. The van der Waals surface area contributed by atoms with E-state index in [-0.39, 0.29) is 12.3 Å². The van der Waals surface area contributed by atoms with E-state index in [0.29, 0.717) is 24.1 Å². The standard InChI is InChI=1S/C13H14F3NO2/c1-12(11(19)13(14,15)16)7-17-5-4-8-6-9(18)2-3-10(8)12/h2-3,6,17-18H,4-5,7H2,1H3. The van der Waals surface area contributed by atoms with Crippen molar-refractivity contribution >= 4 is 5.78 Å². The van der Waals surface area contributed by atoms with Crippen molar-refractivity contribution < 1.29 is 23.1 Å². The summed E-state index contributed by atoms with van der Waals surface area (Å²) in [5.41, 5.74) is -0.750. The fraction of sp³-hybridized carbons (Fsp3) is 0.462. The van der Waals surface area contributed by atoms with Crippen molar-refractivity contribution in [1.29, 1.82) is 0 Å². The van der Waals surface area contributed by atoms with Crippen LogP contribution in [0.3, 0.4) is 0 Å². The normalized spacial score (nSPS) is 23.6. The van der Waals surface area contributed by atoms with Gasteiger partial charge in [-0.2, -0.15) is 13.2 Å². The largest absolute Gasteiger partial charge is 0.508 e. The second kappa shape index (κ2) is 4.52. The molecule has 1 atom stereocenters. The third-order valence-electron chi connectivity index (χ3n) is 3.49. The van der Waals surface area contributed by atoms with Gasteiger partial charge < -0.3 is 10.4 Å². The minimum Gasteiger partial charge on any atom is -0.508 e. The van der Waals surface area contributed by atoms with E-state index in [2.05, 4.69) is 5.32 Å². The van der Waals surface area contributed by atoms with Crippen LogP contribution in [0.15, 0.2) is 18.2 Å². The maximum absolute atomic E-state index is 12.8. The highest BCUT2D eigenvalue weighted by Gasteiger charge is 2.51. The highest BCUT2D eigenvalue weighted by Crippen LogP contribution is 2.36. The van der Waals surface area contributed by atoms with E-state index < -0.39 is 17.4 Å². The Morgan fingerprint density at radius 2 is 2.11 bits per heavy atom. The fourth-order valence-corrected chi connectivity index (χ4v) is 2.50. The summed E-state index contributed by atoms with van der Waals surface area (Å²) in [6.07, 6.45) is -4.40. The van der Waals surface area contributed by atoms with Crippen LogP contribution < -0.4 is 5.32 Å². The smallest absolute Gasteiger partial charge is 0.450 e. The van der Waals surface area contributed by atoms with Crippen LogP contribution in [0.4, 0.5) is 13.2 Å². The average Bonchev–Trinajstić information content (AvgIpc) is 2.47. The van der Waals surface area contributed by atoms with Gasteiger partial charge in [0.25, 0.3) is 0 Å². The van der Waals surface area contributed by atoms with E-state index in [9.17, 15) is 23.1 Å². The lowest BCUT2D eigenvalue weighted by molar-refractivity contribution is -0.176. The van der Waals surface area contributed by atoms with Gasteiger partial charge in [0.15, 0.2) is 0 Å². The van der Waals surface area contributed by atoms with Crippen molar-refractivity contribution in [3.8, 4) is 5.75 Å². The molecule has 0 saturated carbocycles. The lowest BCUT2D eigenvalue weighted by atomic mass is 9.76. The van der Waals surface area contributed by atoms with Crippen molar-refractivity contribution in [2.45, 2.75) is 24.9 Å². The Labute approximate surface area is 108 Å². The van der Waals surface area contributed by atoms with Crippen molar-refractivity contribution in [2.24, 2.45) is 0 Å². The third kappa shape index (κ3) is 2.45. The van der Waals surface area contributed by atoms with Crippen LogP contribution >= 0.6 is 0 Å².